The predicted molar refractivity (Wildman–Crippen MR) is 96.0 cm³/mol. The molecule has 0 heterocycles. The number of ether oxygens (including phenoxy) is 1. The Labute approximate surface area is 156 Å². The number of amides is 3. The third kappa shape index (κ3) is 4.07. The maximum atomic E-state index is 12.5. The van der Waals surface area contributed by atoms with Crippen LogP contribution in [0.2, 0.25) is 0 Å². The Morgan fingerprint density at radius 1 is 1.16 bits per heavy atom. The molecule has 4 saturated carbocycles. The van der Waals surface area contributed by atoms with Crippen LogP contribution in [0.15, 0.2) is 12.7 Å². The van der Waals surface area contributed by atoms with Crippen LogP contribution in [0.5, 0.6) is 0 Å². The van der Waals surface area contributed by atoms with Gasteiger partial charge in [-0.15, -0.1) is 6.58 Å². The van der Waals surface area contributed by atoms with E-state index in [1.807, 2.05) is 0 Å². The molecule has 138 valence electrons. The topological polar surface area (TPSA) is 84.5 Å². The van der Waals surface area contributed by atoms with Crippen LogP contribution in [0.1, 0.15) is 38.5 Å². The van der Waals surface area contributed by atoms with Crippen molar-refractivity contribution < 1.29 is 19.1 Å². The summed E-state index contributed by atoms with van der Waals surface area (Å²) in [6.45, 7) is 3.27. The summed E-state index contributed by atoms with van der Waals surface area (Å²) in [6.07, 6.45) is 8.62. The first-order chi connectivity index (χ1) is 11.9. The molecule has 6 nitrogen and oxygen atoms in total. The molecule has 0 aromatic rings. The van der Waals surface area contributed by atoms with E-state index in [1.54, 1.807) is 0 Å². The summed E-state index contributed by atoms with van der Waals surface area (Å²) in [4.78, 5) is 35.2. The molecule has 4 rings (SSSR count). The Bertz CT molecular complexity index is 542. The Kier molecular flexibility index (Phi) is 5.51. The van der Waals surface area contributed by atoms with Crippen molar-refractivity contribution in [2.45, 2.75) is 43.4 Å². The monoisotopic (exact) mass is 412 g/mol. The van der Waals surface area contributed by atoms with Crippen LogP contribution in [0, 0.1) is 23.2 Å². The number of carbonyl (C=O) groups is 3. The summed E-state index contributed by atoms with van der Waals surface area (Å²) >= 11 is 3.57. The quantitative estimate of drug-likeness (QED) is 0.398. The second-order valence-corrected chi connectivity index (χ2v) is 8.71. The van der Waals surface area contributed by atoms with Crippen molar-refractivity contribution in [1.82, 2.24) is 10.6 Å². The molecule has 0 spiro atoms. The van der Waals surface area contributed by atoms with Crippen LogP contribution >= 0.6 is 15.9 Å². The van der Waals surface area contributed by atoms with Gasteiger partial charge in [0.05, 0.1) is 0 Å². The van der Waals surface area contributed by atoms with Gasteiger partial charge in [0, 0.05) is 6.54 Å². The van der Waals surface area contributed by atoms with Gasteiger partial charge in [0.2, 0.25) is 0 Å². The van der Waals surface area contributed by atoms with E-state index < -0.39 is 24.5 Å². The lowest BCUT2D eigenvalue weighted by Crippen LogP contribution is -2.52. The highest BCUT2D eigenvalue weighted by molar-refractivity contribution is 9.10. The Morgan fingerprint density at radius 3 is 2.24 bits per heavy atom. The van der Waals surface area contributed by atoms with E-state index in [4.69, 9.17) is 4.74 Å². The molecule has 3 amide bonds. The highest BCUT2D eigenvalue weighted by Crippen LogP contribution is 2.62. The number of hydrogen-bond donors (Lipinski definition) is 2. The zero-order chi connectivity index (χ0) is 18.0. The van der Waals surface area contributed by atoms with Gasteiger partial charge < -0.3 is 10.1 Å². The summed E-state index contributed by atoms with van der Waals surface area (Å²) in [5.74, 6) is 1.16. The molecule has 0 radical (unpaired) electrons. The van der Waals surface area contributed by atoms with Gasteiger partial charge in [0.1, 0.15) is 4.83 Å². The molecule has 0 aliphatic heterocycles. The highest BCUT2D eigenvalue weighted by Gasteiger charge is 2.55. The molecule has 1 unspecified atom stereocenters. The molecular weight excluding hydrogens is 388 g/mol. The van der Waals surface area contributed by atoms with Crippen LogP contribution in [0.25, 0.3) is 0 Å². The number of hydrogen-bond acceptors (Lipinski definition) is 4. The fourth-order valence-corrected chi connectivity index (χ4v) is 6.01. The van der Waals surface area contributed by atoms with E-state index in [2.05, 4.69) is 33.1 Å². The molecule has 25 heavy (non-hydrogen) atoms. The molecular formula is C18H25BrN2O4. The van der Waals surface area contributed by atoms with Gasteiger partial charge >= 0.3 is 12.0 Å². The van der Waals surface area contributed by atoms with Gasteiger partial charge in [-0.25, -0.2) is 4.79 Å². The summed E-state index contributed by atoms with van der Waals surface area (Å²) in [5, 5.41) is 4.54. The maximum Gasteiger partial charge on any atom is 0.321 e. The minimum absolute atomic E-state index is 0.0242. The molecule has 0 saturated heterocycles. The van der Waals surface area contributed by atoms with Crippen LogP contribution in [-0.4, -0.2) is 35.9 Å². The molecule has 4 bridgehead atoms. The first-order valence-corrected chi connectivity index (χ1v) is 9.82. The number of esters is 1. The molecule has 2 N–H and O–H groups in total. The van der Waals surface area contributed by atoms with Gasteiger partial charge in [0.15, 0.2) is 6.61 Å². The first-order valence-electron chi connectivity index (χ1n) is 8.91. The molecule has 0 aromatic carbocycles. The van der Waals surface area contributed by atoms with Crippen molar-refractivity contribution in [3.63, 3.8) is 0 Å². The van der Waals surface area contributed by atoms with E-state index in [1.165, 1.54) is 25.3 Å². The van der Waals surface area contributed by atoms with Crippen molar-refractivity contribution in [2.24, 2.45) is 23.2 Å². The average Bonchev–Trinajstić information content (AvgIpc) is 2.56. The Hall–Kier alpha value is -1.37. The Balaban J connectivity index is 1.49. The van der Waals surface area contributed by atoms with Gasteiger partial charge in [-0.05, 0) is 61.7 Å². The number of imide groups is 1. The van der Waals surface area contributed by atoms with Gasteiger partial charge in [-0.2, -0.15) is 0 Å². The molecule has 0 aromatic heterocycles. The van der Waals surface area contributed by atoms with E-state index in [-0.39, 0.29) is 16.8 Å². The summed E-state index contributed by atoms with van der Waals surface area (Å²) in [5.41, 5.74) is -0.0242. The van der Waals surface area contributed by atoms with Crippen molar-refractivity contribution >= 4 is 33.8 Å². The lowest BCUT2D eigenvalue weighted by molar-refractivity contribution is -0.153. The molecule has 7 heteroatoms. The number of carbonyl (C=O) groups excluding carboxylic acids is 3. The largest absolute Gasteiger partial charge is 0.455 e. The number of halogens is 1. The third-order valence-corrected chi connectivity index (χ3v) is 7.18. The highest BCUT2D eigenvalue weighted by atomic mass is 79.9. The van der Waals surface area contributed by atoms with Crippen LogP contribution < -0.4 is 10.6 Å². The third-order valence-electron chi connectivity index (χ3n) is 5.84. The SMILES string of the molecule is C=CCNC(=O)NC(=O)COC(=O)C(Br)C12CC3CC(CC(C3)C1)C2. The van der Waals surface area contributed by atoms with Crippen LogP contribution in [-0.2, 0) is 14.3 Å². The molecule has 4 aliphatic carbocycles. The second-order valence-electron chi connectivity index (χ2n) is 7.80. The lowest BCUT2D eigenvalue weighted by Gasteiger charge is -2.57. The first kappa shape index (κ1) is 18.4. The smallest absolute Gasteiger partial charge is 0.321 e. The standard InChI is InChI=1S/C18H25BrN2O4/c1-2-3-20-17(24)21-14(22)10-25-16(23)15(19)18-7-11-4-12(8-18)6-13(5-11)9-18/h2,11-13,15H,1,3-10H2,(H2,20,21,22,24). The van der Waals surface area contributed by atoms with Gasteiger partial charge in [-0.3, -0.25) is 14.9 Å². The zero-order valence-corrected chi connectivity index (χ0v) is 15.8. The maximum absolute atomic E-state index is 12.5. The molecule has 4 fully saturated rings. The van der Waals surface area contributed by atoms with E-state index in [0.29, 0.717) is 0 Å². The van der Waals surface area contributed by atoms with Crippen molar-refractivity contribution in [3.05, 3.63) is 12.7 Å². The number of urea groups is 1. The summed E-state index contributed by atoms with van der Waals surface area (Å²) in [6, 6.07) is -0.627. The molecule has 4 aliphatic rings. The van der Waals surface area contributed by atoms with Gasteiger partial charge in [-0.1, -0.05) is 22.0 Å². The van der Waals surface area contributed by atoms with Crippen LogP contribution in [0.4, 0.5) is 4.79 Å². The lowest BCUT2D eigenvalue weighted by atomic mass is 9.49. The second kappa shape index (κ2) is 7.48. The number of alkyl halides is 1. The van der Waals surface area contributed by atoms with E-state index in [0.717, 1.165) is 37.0 Å². The van der Waals surface area contributed by atoms with Crippen molar-refractivity contribution in [3.8, 4) is 0 Å². The van der Waals surface area contributed by atoms with Crippen molar-refractivity contribution in [2.75, 3.05) is 13.2 Å². The number of nitrogens with one attached hydrogen (secondary N) is 2. The zero-order valence-electron chi connectivity index (χ0n) is 14.3. The average molecular weight is 413 g/mol. The van der Waals surface area contributed by atoms with Crippen LogP contribution in [0.3, 0.4) is 0 Å². The predicted octanol–water partition coefficient (Wildman–Crippen LogP) is 2.52. The van der Waals surface area contributed by atoms with Crippen molar-refractivity contribution in [1.29, 1.82) is 0 Å². The summed E-state index contributed by atoms with van der Waals surface area (Å²) in [7, 11) is 0. The Morgan fingerprint density at radius 2 is 1.72 bits per heavy atom. The normalized spacial score (nSPS) is 33.4. The van der Waals surface area contributed by atoms with E-state index >= 15 is 0 Å². The fraction of sp³-hybridized carbons (Fsp3) is 0.722. The number of rotatable bonds is 6. The minimum atomic E-state index is -0.639. The van der Waals surface area contributed by atoms with E-state index in [9.17, 15) is 14.4 Å². The molecule has 1 atom stereocenters. The van der Waals surface area contributed by atoms with Gasteiger partial charge in [0.25, 0.3) is 5.91 Å². The summed E-state index contributed by atoms with van der Waals surface area (Å²) < 4.78 is 5.16. The fourth-order valence-electron chi connectivity index (χ4n) is 5.32. The minimum Gasteiger partial charge on any atom is -0.455 e.